The Balaban J connectivity index is 3.29. The van der Waals surface area contributed by atoms with Crippen molar-refractivity contribution in [3.63, 3.8) is 0 Å². The fourth-order valence-corrected chi connectivity index (χ4v) is 1.07. The Hall–Kier alpha value is -1.45. The topological polar surface area (TPSA) is 65.3 Å². The second-order valence-electron chi connectivity index (χ2n) is 2.38. The van der Waals surface area contributed by atoms with Crippen molar-refractivity contribution in [3.05, 3.63) is 26.6 Å². The van der Waals surface area contributed by atoms with Gasteiger partial charge in [-0.25, -0.2) is 4.98 Å². The highest BCUT2D eigenvalue weighted by atomic mass is 79.9. The van der Waals surface area contributed by atoms with Gasteiger partial charge < -0.3 is 4.74 Å². The predicted octanol–water partition coefficient (Wildman–Crippen LogP) is 2.79. The SMILES string of the molecule is O=[N+]([O-])c1c(OC(F)(F)F)ncc(Br)c1F. The van der Waals surface area contributed by atoms with Crippen LogP contribution in [0.3, 0.4) is 0 Å². The molecule has 1 aromatic rings. The molecule has 0 aliphatic carbocycles. The van der Waals surface area contributed by atoms with Crippen molar-refractivity contribution >= 4 is 21.6 Å². The highest BCUT2D eigenvalue weighted by Gasteiger charge is 2.37. The first kappa shape index (κ1) is 12.6. The first-order valence-electron chi connectivity index (χ1n) is 3.46. The molecule has 5 nitrogen and oxygen atoms in total. The van der Waals surface area contributed by atoms with E-state index in [4.69, 9.17) is 0 Å². The normalized spacial score (nSPS) is 11.3. The molecule has 10 heteroatoms. The minimum Gasteiger partial charge on any atom is -0.380 e. The number of nitro groups is 1. The molecule has 0 aromatic carbocycles. The average molecular weight is 305 g/mol. The average Bonchev–Trinajstić information content (AvgIpc) is 2.08. The van der Waals surface area contributed by atoms with Crippen molar-refractivity contribution in [2.45, 2.75) is 6.36 Å². The van der Waals surface area contributed by atoms with Crippen LogP contribution in [0.5, 0.6) is 5.88 Å². The predicted molar refractivity (Wildman–Crippen MR) is 45.2 cm³/mol. The van der Waals surface area contributed by atoms with Gasteiger partial charge in [-0.3, -0.25) is 10.1 Å². The molecule has 16 heavy (non-hydrogen) atoms. The second-order valence-corrected chi connectivity index (χ2v) is 3.23. The lowest BCUT2D eigenvalue weighted by Crippen LogP contribution is -2.19. The van der Waals surface area contributed by atoms with Crippen LogP contribution in [0.15, 0.2) is 10.7 Å². The van der Waals surface area contributed by atoms with Crippen molar-refractivity contribution in [1.82, 2.24) is 4.98 Å². The van der Waals surface area contributed by atoms with Crippen molar-refractivity contribution in [3.8, 4) is 5.88 Å². The maximum absolute atomic E-state index is 13.1. The summed E-state index contributed by atoms with van der Waals surface area (Å²) in [7, 11) is 0. The van der Waals surface area contributed by atoms with E-state index in [1.165, 1.54) is 0 Å². The van der Waals surface area contributed by atoms with Crippen LogP contribution in [0.4, 0.5) is 23.2 Å². The molecule has 0 aliphatic rings. The van der Waals surface area contributed by atoms with Crippen molar-refractivity contribution in [1.29, 1.82) is 0 Å². The number of nitrogens with zero attached hydrogens (tertiary/aromatic N) is 2. The number of pyridine rings is 1. The molecule has 1 aromatic heterocycles. The van der Waals surface area contributed by atoms with Gasteiger partial charge in [0.1, 0.15) is 0 Å². The summed E-state index contributed by atoms with van der Waals surface area (Å²) in [6.07, 6.45) is -4.55. The Morgan fingerprint density at radius 3 is 2.50 bits per heavy atom. The summed E-state index contributed by atoms with van der Waals surface area (Å²) in [4.78, 5) is 12.0. The molecular weight excluding hydrogens is 304 g/mol. The zero-order valence-electron chi connectivity index (χ0n) is 7.09. The zero-order chi connectivity index (χ0) is 12.5. The van der Waals surface area contributed by atoms with E-state index in [1.54, 1.807) is 0 Å². The fourth-order valence-electron chi connectivity index (χ4n) is 0.783. The van der Waals surface area contributed by atoms with Crippen LogP contribution < -0.4 is 4.74 Å². The van der Waals surface area contributed by atoms with Gasteiger partial charge in [0.2, 0.25) is 5.82 Å². The Morgan fingerprint density at radius 2 is 2.06 bits per heavy atom. The van der Waals surface area contributed by atoms with Gasteiger partial charge in [0.25, 0.3) is 0 Å². The van der Waals surface area contributed by atoms with E-state index in [2.05, 4.69) is 25.7 Å². The van der Waals surface area contributed by atoms with Crippen LogP contribution in [0.1, 0.15) is 0 Å². The van der Waals surface area contributed by atoms with Crippen LogP contribution in [0, 0.1) is 15.9 Å². The monoisotopic (exact) mass is 304 g/mol. The number of hydrogen-bond donors (Lipinski definition) is 0. The highest BCUT2D eigenvalue weighted by molar-refractivity contribution is 9.10. The molecule has 0 aliphatic heterocycles. The molecule has 0 amide bonds. The van der Waals surface area contributed by atoms with Gasteiger partial charge in [0, 0.05) is 6.20 Å². The molecule has 1 rings (SSSR count). The van der Waals surface area contributed by atoms with E-state index in [9.17, 15) is 27.7 Å². The third kappa shape index (κ3) is 2.78. The number of halogens is 5. The van der Waals surface area contributed by atoms with E-state index in [0.29, 0.717) is 6.20 Å². The van der Waals surface area contributed by atoms with Crippen LogP contribution in [-0.2, 0) is 0 Å². The van der Waals surface area contributed by atoms with E-state index in [0.717, 1.165) is 0 Å². The lowest BCUT2D eigenvalue weighted by atomic mass is 10.4. The first-order valence-corrected chi connectivity index (χ1v) is 4.26. The molecule has 0 saturated carbocycles. The summed E-state index contributed by atoms with van der Waals surface area (Å²) in [5, 5.41) is 10.3. The van der Waals surface area contributed by atoms with Crippen molar-refractivity contribution in [2.24, 2.45) is 0 Å². The molecule has 0 fully saturated rings. The van der Waals surface area contributed by atoms with Crippen molar-refractivity contribution in [2.75, 3.05) is 0 Å². The molecule has 0 spiro atoms. The molecule has 0 radical (unpaired) electrons. The molecule has 1 heterocycles. The van der Waals surface area contributed by atoms with E-state index in [1.807, 2.05) is 0 Å². The van der Waals surface area contributed by atoms with Crippen LogP contribution >= 0.6 is 15.9 Å². The molecule has 0 atom stereocenters. The molecule has 0 unspecified atom stereocenters. The first-order chi connectivity index (χ1) is 7.22. The Labute approximate surface area is 93.3 Å². The standard InChI is InChI=1S/C6HBrF4N2O3/c7-2-1-12-5(16-6(9,10)11)4(3(2)8)13(14)15/h1H. The van der Waals surface area contributed by atoms with Gasteiger partial charge in [-0.1, -0.05) is 0 Å². The molecule has 0 saturated heterocycles. The van der Waals surface area contributed by atoms with Gasteiger partial charge in [-0.2, -0.15) is 4.39 Å². The van der Waals surface area contributed by atoms with Crippen LogP contribution in [0.2, 0.25) is 0 Å². The van der Waals surface area contributed by atoms with Gasteiger partial charge in [0.15, 0.2) is 0 Å². The van der Waals surface area contributed by atoms with Crippen LogP contribution in [-0.4, -0.2) is 16.3 Å². The number of alkyl halides is 3. The maximum atomic E-state index is 13.1. The van der Waals surface area contributed by atoms with E-state index in [-0.39, 0.29) is 0 Å². The van der Waals surface area contributed by atoms with E-state index >= 15 is 0 Å². The van der Waals surface area contributed by atoms with Crippen LogP contribution in [0.25, 0.3) is 0 Å². The van der Waals surface area contributed by atoms with Crippen molar-refractivity contribution < 1.29 is 27.2 Å². The van der Waals surface area contributed by atoms with Gasteiger partial charge in [-0.05, 0) is 15.9 Å². The molecule has 0 N–H and O–H groups in total. The second kappa shape index (κ2) is 4.20. The third-order valence-electron chi connectivity index (χ3n) is 1.31. The zero-order valence-corrected chi connectivity index (χ0v) is 8.67. The summed E-state index contributed by atoms with van der Waals surface area (Å²) in [5.74, 6) is -2.93. The van der Waals surface area contributed by atoms with E-state index < -0.39 is 33.1 Å². The van der Waals surface area contributed by atoms with Gasteiger partial charge in [0.05, 0.1) is 9.40 Å². The number of ether oxygens (including phenoxy) is 1. The minimum atomic E-state index is -5.18. The molecule has 0 bridgehead atoms. The third-order valence-corrected chi connectivity index (χ3v) is 1.86. The lowest BCUT2D eigenvalue weighted by Gasteiger charge is -2.08. The lowest BCUT2D eigenvalue weighted by molar-refractivity contribution is -0.392. The summed E-state index contributed by atoms with van der Waals surface area (Å²) in [5.41, 5.74) is -1.48. The quantitative estimate of drug-likeness (QED) is 0.479. The number of hydrogen-bond acceptors (Lipinski definition) is 4. The molecule has 88 valence electrons. The largest absolute Gasteiger partial charge is 0.574 e. The smallest absolute Gasteiger partial charge is 0.380 e. The Bertz CT molecular complexity index is 437. The molecular formula is C6HBrF4N2O3. The summed E-state index contributed by atoms with van der Waals surface area (Å²) >= 11 is 2.55. The number of aromatic nitrogens is 1. The van der Waals surface area contributed by atoms with Gasteiger partial charge >= 0.3 is 17.9 Å². The summed E-state index contributed by atoms with van der Waals surface area (Å²) < 4.78 is 51.3. The Kier molecular flexibility index (Phi) is 3.31. The van der Waals surface area contributed by atoms with Gasteiger partial charge in [-0.15, -0.1) is 13.2 Å². The maximum Gasteiger partial charge on any atom is 0.574 e. The minimum absolute atomic E-state index is 0.436. The summed E-state index contributed by atoms with van der Waals surface area (Å²) in [6.45, 7) is 0. The number of rotatable bonds is 2. The Morgan fingerprint density at radius 1 is 1.50 bits per heavy atom. The fraction of sp³-hybridized carbons (Fsp3) is 0.167. The highest BCUT2D eigenvalue weighted by Crippen LogP contribution is 2.34. The summed E-state index contributed by atoms with van der Waals surface area (Å²) in [6, 6.07) is 0.